The number of hydrogen-bond acceptors (Lipinski definition) is 6. The molecule has 180 valence electrons. The molecule has 2 aromatic carbocycles. The van der Waals surface area contributed by atoms with Crippen molar-refractivity contribution in [2.24, 2.45) is 10.2 Å². The number of carbonyl (C=O) groups excluding carboxylic acids is 1. The molecule has 34 heavy (non-hydrogen) atoms. The van der Waals surface area contributed by atoms with E-state index >= 15 is 0 Å². The summed E-state index contributed by atoms with van der Waals surface area (Å²) in [6.45, 7) is 3.07. The quantitative estimate of drug-likeness (QED) is 0.654. The number of amides is 1. The van der Waals surface area contributed by atoms with Crippen LogP contribution in [0.25, 0.3) is 0 Å². The van der Waals surface area contributed by atoms with Gasteiger partial charge in [-0.2, -0.15) is 17.5 Å². The van der Waals surface area contributed by atoms with Crippen LogP contribution in [0.15, 0.2) is 57.6 Å². The van der Waals surface area contributed by atoms with Gasteiger partial charge in [-0.3, -0.25) is 4.79 Å². The second-order valence-electron chi connectivity index (χ2n) is 8.52. The highest BCUT2D eigenvalue weighted by atomic mass is 32.2. The summed E-state index contributed by atoms with van der Waals surface area (Å²) in [4.78, 5) is 15.4. The molecule has 3 heterocycles. The van der Waals surface area contributed by atoms with Crippen LogP contribution in [0.2, 0.25) is 0 Å². The van der Waals surface area contributed by atoms with Crippen LogP contribution in [0.5, 0.6) is 0 Å². The molecule has 0 spiro atoms. The molecular weight excluding hydrogens is 471 g/mol. The molecule has 0 N–H and O–H groups in total. The third-order valence-corrected chi connectivity index (χ3v) is 8.41. The maximum atomic E-state index is 13.3. The molecule has 0 aliphatic carbocycles. The molecule has 8 nitrogen and oxygen atoms in total. The van der Waals surface area contributed by atoms with Gasteiger partial charge in [0.1, 0.15) is 0 Å². The van der Waals surface area contributed by atoms with E-state index in [4.69, 9.17) is 0 Å². The van der Waals surface area contributed by atoms with Crippen LogP contribution in [0, 0.1) is 0 Å². The lowest BCUT2D eigenvalue weighted by atomic mass is 10.0. The lowest BCUT2D eigenvalue weighted by Gasteiger charge is -2.35. The predicted octanol–water partition coefficient (Wildman–Crippen LogP) is 3.29. The lowest BCUT2D eigenvalue weighted by molar-refractivity contribution is -0.166. The highest BCUT2D eigenvalue weighted by Crippen LogP contribution is 2.52. The molecule has 0 atom stereocenters. The van der Waals surface area contributed by atoms with E-state index in [0.29, 0.717) is 31.7 Å². The third-order valence-electron chi connectivity index (χ3n) is 6.51. The first kappa shape index (κ1) is 22.8. The molecule has 1 amide bonds. The minimum absolute atomic E-state index is 0.0507. The van der Waals surface area contributed by atoms with Crippen LogP contribution in [-0.4, -0.2) is 57.5 Å². The molecule has 0 unspecified atom stereocenters. The second kappa shape index (κ2) is 7.77. The van der Waals surface area contributed by atoms with Crippen LogP contribution in [0.3, 0.4) is 0 Å². The lowest BCUT2D eigenvalue weighted by Crippen LogP contribution is -2.48. The highest BCUT2D eigenvalue weighted by Gasteiger charge is 2.65. The van der Waals surface area contributed by atoms with Gasteiger partial charge in [-0.1, -0.05) is 12.1 Å². The molecule has 12 heteroatoms. The van der Waals surface area contributed by atoms with E-state index in [1.165, 1.54) is 35.5 Å². The average molecular weight is 494 g/mol. The van der Waals surface area contributed by atoms with Crippen molar-refractivity contribution >= 4 is 27.3 Å². The van der Waals surface area contributed by atoms with Crippen LogP contribution in [-0.2, 0) is 26.9 Å². The van der Waals surface area contributed by atoms with Crippen LogP contribution < -0.4 is 9.80 Å². The molecule has 0 bridgehead atoms. The summed E-state index contributed by atoms with van der Waals surface area (Å²) in [7, 11) is -3.74. The van der Waals surface area contributed by atoms with Gasteiger partial charge in [0.25, 0.3) is 0 Å². The average Bonchev–Trinajstić information content (AvgIpc) is 3.53. The topological polar surface area (TPSA) is 85.7 Å². The standard InChI is InChI=1S/C22H22F3N5O3S/c1-15(31)30-8-7-16-13-19(5-6-20(16)30)34(32,33)29-11-9-28(10-12-29)18-4-2-3-17(14-18)21(26-27-21)22(23,24)25/h2-6,13-14H,7-12H2,1H3. The molecule has 0 aromatic heterocycles. The van der Waals surface area contributed by atoms with Crippen molar-refractivity contribution in [1.29, 1.82) is 0 Å². The van der Waals surface area contributed by atoms with E-state index in [1.54, 1.807) is 23.1 Å². The van der Waals surface area contributed by atoms with Crippen molar-refractivity contribution in [1.82, 2.24) is 4.31 Å². The number of piperazine rings is 1. The molecule has 5 rings (SSSR count). The number of nitrogens with zero attached hydrogens (tertiary/aromatic N) is 5. The Hall–Kier alpha value is -2.99. The minimum atomic E-state index is -4.60. The van der Waals surface area contributed by atoms with Crippen LogP contribution in [0.1, 0.15) is 18.1 Å². The van der Waals surface area contributed by atoms with Gasteiger partial charge in [0.05, 0.1) is 4.90 Å². The summed E-state index contributed by atoms with van der Waals surface area (Å²) in [5.41, 5.74) is -0.412. The Balaban J connectivity index is 1.30. The Morgan fingerprint density at radius 2 is 1.71 bits per heavy atom. The number of hydrogen-bond donors (Lipinski definition) is 0. The summed E-state index contributed by atoms with van der Waals surface area (Å²) in [5.74, 6) is -0.0836. The fourth-order valence-electron chi connectivity index (χ4n) is 4.56. The number of halogens is 3. The van der Waals surface area contributed by atoms with E-state index in [-0.39, 0.29) is 29.5 Å². The van der Waals surface area contributed by atoms with E-state index in [2.05, 4.69) is 10.2 Å². The Kier molecular flexibility index (Phi) is 5.21. The zero-order valence-corrected chi connectivity index (χ0v) is 19.1. The fourth-order valence-corrected chi connectivity index (χ4v) is 6.04. The van der Waals surface area contributed by atoms with E-state index < -0.39 is 21.9 Å². The Morgan fingerprint density at radius 1 is 1.00 bits per heavy atom. The smallest absolute Gasteiger partial charge is 0.369 e. The number of carbonyl (C=O) groups is 1. The predicted molar refractivity (Wildman–Crippen MR) is 118 cm³/mol. The van der Waals surface area contributed by atoms with Crippen molar-refractivity contribution in [2.75, 3.05) is 42.5 Å². The monoisotopic (exact) mass is 493 g/mol. The molecule has 0 saturated carbocycles. The van der Waals surface area contributed by atoms with Crippen molar-refractivity contribution in [3.8, 4) is 0 Å². The fraction of sp³-hybridized carbons (Fsp3) is 0.409. The van der Waals surface area contributed by atoms with Gasteiger partial charge in [-0.25, -0.2) is 8.42 Å². The van der Waals surface area contributed by atoms with Gasteiger partial charge in [0.15, 0.2) is 0 Å². The van der Waals surface area contributed by atoms with Gasteiger partial charge >= 0.3 is 11.8 Å². The van der Waals surface area contributed by atoms with E-state index in [9.17, 15) is 26.4 Å². The van der Waals surface area contributed by atoms with Gasteiger partial charge in [0, 0.05) is 56.6 Å². The maximum Gasteiger partial charge on any atom is 0.442 e. The first-order valence-electron chi connectivity index (χ1n) is 10.8. The van der Waals surface area contributed by atoms with Gasteiger partial charge in [0.2, 0.25) is 15.9 Å². The zero-order valence-electron chi connectivity index (χ0n) is 18.3. The first-order valence-corrected chi connectivity index (χ1v) is 12.2. The third kappa shape index (κ3) is 3.65. The molecule has 1 fully saturated rings. The molecule has 0 radical (unpaired) electrons. The van der Waals surface area contributed by atoms with Gasteiger partial charge in [-0.05, 0) is 42.3 Å². The van der Waals surface area contributed by atoms with Gasteiger partial charge < -0.3 is 9.80 Å². The second-order valence-corrected chi connectivity index (χ2v) is 10.5. The minimum Gasteiger partial charge on any atom is -0.369 e. The zero-order chi connectivity index (χ0) is 24.3. The molecule has 3 aliphatic rings. The first-order chi connectivity index (χ1) is 16.0. The number of alkyl halides is 3. The van der Waals surface area contributed by atoms with Crippen molar-refractivity contribution in [2.45, 2.75) is 30.1 Å². The number of anilines is 2. The number of fused-ring (bicyclic) bond motifs is 1. The normalized spacial score (nSPS) is 19.9. The summed E-state index contributed by atoms with van der Waals surface area (Å²) in [5, 5.41) is 6.50. The molecule has 1 saturated heterocycles. The number of sulfonamides is 1. The largest absolute Gasteiger partial charge is 0.442 e. The Morgan fingerprint density at radius 3 is 2.32 bits per heavy atom. The molecular formula is C22H22F3N5O3S. The summed E-state index contributed by atoms with van der Waals surface area (Å²) < 4.78 is 67.9. The van der Waals surface area contributed by atoms with E-state index in [1.807, 2.05) is 4.90 Å². The summed E-state index contributed by atoms with van der Waals surface area (Å²) in [6, 6.07) is 10.8. The van der Waals surface area contributed by atoms with Crippen LogP contribution in [0.4, 0.5) is 24.5 Å². The number of rotatable bonds is 4. The Labute approximate surface area is 194 Å². The van der Waals surface area contributed by atoms with Crippen molar-refractivity contribution in [3.05, 3.63) is 53.6 Å². The van der Waals surface area contributed by atoms with Crippen LogP contribution >= 0.6 is 0 Å². The maximum absolute atomic E-state index is 13.3. The summed E-state index contributed by atoms with van der Waals surface area (Å²) >= 11 is 0. The SMILES string of the molecule is CC(=O)N1CCc2cc(S(=O)(=O)N3CCN(c4cccc(C5(C(F)(F)F)N=N5)c4)CC3)ccc21. The number of benzene rings is 2. The van der Waals surface area contributed by atoms with Gasteiger partial charge in [-0.15, -0.1) is 10.2 Å². The highest BCUT2D eigenvalue weighted by molar-refractivity contribution is 7.89. The summed E-state index contributed by atoms with van der Waals surface area (Å²) in [6.07, 6.45) is -4.00. The van der Waals surface area contributed by atoms with E-state index in [0.717, 1.165) is 11.3 Å². The van der Waals surface area contributed by atoms with Crippen molar-refractivity contribution in [3.63, 3.8) is 0 Å². The van der Waals surface area contributed by atoms with Crippen molar-refractivity contribution < 1.29 is 26.4 Å². The molecule has 3 aliphatic heterocycles. The molecule has 2 aromatic rings. The Bertz CT molecular complexity index is 1280.